The summed E-state index contributed by atoms with van der Waals surface area (Å²) in [7, 11) is 1.66. The van der Waals surface area contributed by atoms with Crippen LogP contribution in [0.25, 0.3) is 0 Å². The first-order chi connectivity index (χ1) is 13.5. The average molecular weight is 522 g/mol. The Kier molecular flexibility index (Phi) is 8.72. The monoisotopic (exact) mass is 522 g/mol. The first kappa shape index (κ1) is 23.4. The third-order valence-electron chi connectivity index (χ3n) is 4.79. The number of fused-ring (bicyclic) bond motifs is 1. The molecular formula is C19H26F3IN6. The molecule has 0 bridgehead atoms. The molecule has 0 atom stereocenters. The van der Waals surface area contributed by atoms with Gasteiger partial charge < -0.3 is 15.2 Å². The number of alkyl halides is 3. The fourth-order valence-electron chi connectivity index (χ4n) is 3.24. The highest BCUT2D eigenvalue weighted by atomic mass is 127. The average Bonchev–Trinajstić information content (AvgIpc) is 2.90. The van der Waals surface area contributed by atoms with Crippen LogP contribution in [0.1, 0.15) is 42.0 Å². The van der Waals surface area contributed by atoms with Crippen molar-refractivity contribution >= 4 is 29.9 Å². The fraction of sp³-hybridized carbons (Fsp3) is 0.526. The van der Waals surface area contributed by atoms with Gasteiger partial charge in [-0.1, -0.05) is 18.6 Å². The summed E-state index contributed by atoms with van der Waals surface area (Å²) in [5.74, 6) is 2.63. The second-order valence-electron chi connectivity index (χ2n) is 6.79. The normalized spacial score (nSPS) is 14.6. The topological polar surface area (TPSA) is 67.1 Å². The van der Waals surface area contributed by atoms with Crippen molar-refractivity contribution in [1.82, 2.24) is 25.4 Å². The Morgan fingerprint density at radius 2 is 1.86 bits per heavy atom. The molecule has 2 heterocycles. The Bertz CT molecular complexity index is 801. The number of halogens is 4. The van der Waals surface area contributed by atoms with Gasteiger partial charge in [-0.25, -0.2) is 0 Å². The molecule has 1 aromatic carbocycles. The van der Waals surface area contributed by atoms with Crippen LogP contribution in [0.5, 0.6) is 0 Å². The molecule has 0 aliphatic carbocycles. The maximum absolute atomic E-state index is 12.6. The Balaban J connectivity index is 0.00000300. The van der Waals surface area contributed by atoms with E-state index in [9.17, 15) is 13.2 Å². The molecule has 6 nitrogen and oxygen atoms in total. The van der Waals surface area contributed by atoms with E-state index in [1.54, 1.807) is 7.05 Å². The van der Waals surface area contributed by atoms with Crippen molar-refractivity contribution < 1.29 is 13.2 Å². The van der Waals surface area contributed by atoms with Crippen LogP contribution in [-0.4, -0.2) is 34.3 Å². The number of aliphatic imine (C=N–C) groups is 1. The van der Waals surface area contributed by atoms with E-state index < -0.39 is 11.7 Å². The van der Waals surface area contributed by atoms with Crippen LogP contribution in [0, 0.1) is 0 Å². The van der Waals surface area contributed by atoms with Gasteiger partial charge in [-0.05, 0) is 30.5 Å². The second kappa shape index (κ2) is 10.8. The number of nitrogens with zero attached hydrogens (tertiary/aromatic N) is 4. The van der Waals surface area contributed by atoms with Gasteiger partial charge >= 0.3 is 6.18 Å². The molecule has 0 saturated carbocycles. The van der Waals surface area contributed by atoms with Gasteiger partial charge in [0.25, 0.3) is 0 Å². The lowest BCUT2D eigenvalue weighted by Crippen LogP contribution is -2.38. The molecule has 29 heavy (non-hydrogen) atoms. The standard InChI is InChI=1S/C19H25F3N6.HI/c1-23-18(25-13-14-6-8-15(9-7-14)19(20,21)22)24-11-10-17-27-26-16-5-3-2-4-12-28(16)17;/h6-9H,2-5,10-13H2,1H3,(H2,23,24,25);1H. The Morgan fingerprint density at radius 3 is 2.55 bits per heavy atom. The van der Waals surface area contributed by atoms with E-state index in [1.165, 1.54) is 18.6 Å². The van der Waals surface area contributed by atoms with E-state index in [0.717, 1.165) is 61.6 Å². The molecule has 0 saturated heterocycles. The lowest BCUT2D eigenvalue weighted by Gasteiger charge is -2.13. The summed E-state index contributed by atoms with van der Waals surface area (Å²) >= 11 is 0. The molecule has 2 aromatic rings. The van der Waals surface area contributed by atoms with Crippen molar-refractivity contribution in [1.29, 1.82) is 0 Å². The summed E-state index contributed by atoms with van der Waals surface area (Å²) in [4.78, 5) is 4.15. The first-order valence-electron chi connectivity index (χ1n) is 9.49. The largest absolute Gasteiger partial charge is 0.416 e. The zero-order valence-electron chi connectivity index (χ0n) is 16.3. The molecule has 1 aromatic heterocycles. The molecular weight excluding hydrogens is 496 g/mol. The third kappa shape index (κ3) is 6.58. The van der Waals surface area contributed by atoms with E-state index in [1.807, 2.05) is 0 Å². The highest BCUT2D eigenvalue weighted by molar-refractivity contribution is 14.0. The Labute approximate surface area is 185 Å². The van der Waals surface area contributed by atoms with Crippen molar-refractivity contribution in [3.8, 4) is 0 Å². The number of rotatable bonds is 5. The van der Waals surface area contributed by atoms with Gasteiger partial charge in [0.15, 0.2) is 5.96 Å². The highest BCUT2D eigenvalue weighted by Crippen LogP contribution is 2.29. The van der Waals surface area contributed by atoms with Gasteiger partial charge in [0.2, 0.25) is 0 Å². The van der Waals surface area contributed by atoms with E-state index in [4.69, 9.17) is 0 Å². The van der Waals surface area contributed by atoms with Gasteiger partial charge in [0.1, 0.15) is 11.6 Å². The summed E-state index contributed by atoms with van der Waals surface area (Å²) in [6, 6.07) is 5.11. The van der Waals surface area contributed by atoms with Crippen molar-refractivity contribution in [2.45, 2.75) is 51.4 Å². The van der Waals surface area contributed by atoms with Crippen molar-refractivity contribution in [2.24, 2.45) is 4.99 Å². The van der Waals surface area contributed by atoms with Crippen LogP contribution in [0.3, 0.4) is 0 Å². The van der Waals surface area contributed by atoms with Crippen LogP contribution >= 0.6 is 24.0 Å². The number of aromatic nitrogens is 3. The van der Waals surface area contributed by atoms with Crippen molar-refractivity contribution in [2.75, 3.05) is 13.6 Å². The molecule has 10 heteroatoms. The highest BCUT2D eigenvalue weighted by Gasteiger charge is 2.29. The molecule has 160 valence electrons. The fourth-order valence-corrected chi connectivity index (χ4v) is 3.24. The predicted molar refractivity (Wildman–Crippen MR) is 116 cm³/mol. The van der Waals surface area contributed by atoms with Crippen LogP contribution in [0.2, 0.25) is 0 Å². The second-order valence-corrected chi connectivity index (χ2v) is 6.79. The maximum atomic E-state index is 12.6. The minimum atomic E-state index is -4.32. The van der Waals surface area contributed by atoms with E-state index >= 15 is 0 Å². The molecule has 0 radical (unpaired) electrons. The van der Waals surface area contributed by atoms with Crippen LogP contribution < -0.4 is 10.6 Å². The van der Waals surface area contributed by atoms with Gasteiger partial charge in [-0.2, -0.15) is 13.2 Å². The minimum Gasteiger partial charge on any atom is -0.356 e. The maximum Gasteiger partial charge on any atom is 0.416 e. The predicted octanol–water partition coefficient (Wildman–Crippen LogP) is 3.55. The van der Waals surface area contributed by atoms with Crippen LogP contribution in [0.15, 0.2) is 29.3 Å². The number of benzene rings is 1. The lowest BCUT2D eigenvalue weighted by molar-refractivity contribution is -0.137. The zero-order valence-corrected chi connectivity index (χ0v) is 18.6. The molecule has 1 aliphatic heterocycles. The van der Waals surface area contributed by atoms with Gasteiger partial charge in [-0.15, -0.1) is 34.2 Å². The number of aryl methyl sites for hydroxylation is 1. The Hall–Kier alpha value is -1.85. The summed E-state index contributed by atoms with van der Waals surface area (Å²) in [5, 5.41) is 14.9. The summed E-state index contributed by atoms with van der Waals surface area (Å²) < 4.78 is 40.1. The first-order valence-corrected chi connectivity index (χ1v) is 9.49. The lowest BCUT2D eigenvalue weighted by atomic mass is 10.1. The summed E-state index contributed by atoms with van der Waals surface area (Å²) in [6.45, 7) is 2.00. The number of hydrogen-bond donors (Lipinski definition) is 2. The van der Waals surface area contributed by atoms with Crippen LogP contribution in [-0.2, 0) is 32.1 Å². The van der Waals surface area contributed by atoms with Gasteiger partial charge in [0.05, 0.1) is 5.56 Å². The van der Waals surface area contributed by atoms with E-state index in [2.05, 4.69) is 30.4 Å². The van der Waals surface area contributed by atoms with Gasteiger partial charge in [-0.3, -0.25) is 4.99 Å². The smallest absolute Gasteiger partial charge is 0.356 e. The zero-order chi connectivity index (χ0) is 20.0. The Morgan fingerprint density at radius 1 is 1.10 bits per heavy atom. The van der Waals surface area contributed by atoms with Gasteiger partial charge in [0, 0.05) is 39.5 Å². The third-order valence-corrected chi connectivity index (χ3v) is 4.79. The van der Waals surface area contributed by atoms with Crippen LogP contribution in [0.4, 0.5) is 13.2 Å². The number of hydrogen-bond acceptors (Lipinski definition) is 3. The molecule has 3 rings (SSSR count). The van der Waals surface area contributed by atoms with Crippen molar-refractivity contribution in [3.05, 3.63) is 47.0 Å². The number of guanidine groups is 1. The van der Waals surface area contributed by atoms with Crippen molar-refractivity contribution in [3.63, 3.8) is 0 Å². The summed E-state index contributed by atoms with van der Waals surface area (Å²) in [5.41, 5.74) is 0.102. The van der Waals surface area contributed by atoms with E-state index in [-0.39, 0.29) is 24.0 Å². The number of nitrogens with one attached hydrogen (secondary N) is 2. The molecule has 1 aliphatic rings. The molecule has 0 unspecified atom stereocenters. The SMILES string of the molecule is CN=C(NCCc1nnc2n1CCCCC2)NCc1ccc(C(F)(F)F)cc1.I. The summed E-state index contributed by atoms with van der Waals surface area (Å²) in [6.07, 6.45) is 0.939. The molecule has 0 amide bonds. The molecule has 0 spiro atoms. The quantitative estimate of drug-likeness (QED) is 0.358. The van der Waals surface area contributed by atoms with E-state index in [0.29, 0.717) is 19.0 Å². The molecule has 0 fully saturated rings. The minimum absolute atomic E-state index is 0. The molecule has 2 N–H and O–H groups in total.